The van der Waals surface area contributed by atoms with Gasteiger partial charge in [0.05, 0.1) is 30.5 Å². The van der Waals surface area contributed by atoms with Gasteiger partial charge in [0.2, 0.25) is 0 Å². The summed E-state index contributed by atoms with van der Waals surface area (Å²) < 4.78 is 5.18. The normalized spacial score (nSPS) is 14.1. The monoisotopic (exact) mass is 349 g/mol. The van der Waals surface area contributed by atoms with E-state index in [0.29, 0.717) is 23.1 Å². The minimum atomic E-state index is 0. The lowest BCUT2D eigenvalue weighted by Crippen LogP contribution is -2.09. The fraction of sp³-hybridized carbons (Fsp3) is 0.333. The first-order chi connectivity index (χ1) is 11.4. The van der Waals surface area contributed by atoms with Gasteiger partial charge >= 0.3 is 0 Å². The van der Waals surface area contributed by atoms with Crippen LogP contribution in [0.3, 0.4) is 0 Å². The number of methoxy groups -OCH3 is 1. The third-order valence-corrected chi connectivity index (χ3v) is 3.75. The Bertz CT molecular complexity index is 688. The van der Waals surface area contributed by atoms with Gasteiger partial charge in [-0.1, -0.05) is 12.7 Å². The molecule has 0 aromatic carbocycles. The van der Waals surface area contributed by atoms with Crippen LogP contribution < -0.4 is 5.32 Å². The number of aromatic nitrogens is 1. The molecule has 0 fully saturated rings. The van der Waals surface area contributed by atoms with Gasteiger partial charge in [0.15, 0.2) is 5.13 Å². The summed E-state index contributed by atoms with van der Waals surface area (Å²) in [7, 11) is 1.58. The number of nitrogens with zero attached hydrogens (tertiary/aromatic N) is 2. The summed E-state index contributed by atoms with van der Waals surface area (Å²) >= 11 is 1.52. The van der Waals surface area contributed by atoms with Crippen molar-refractivity contribution in [2.45, 2.75) is 33.7 Å². The Balaban J connectivity index is 0.00000576. The number of thiazole rings is 1. The predicted octanol–water partition coefficient (Wildman–Crippen LogP) is 5.08. The molecular weight excluding hydrogens is 322 g/mol. The molecule has 24 heavy (non-hydrogen) atoms. The van der Waals surface area contributed by atoms with Crippen LogP contribution in [-0.4, -0.2) is 29.5 Å². The van der Waals surface area contributed by atoms with Crippen molar-refractivity contribution in [3.05, 3.63) is 58.7 Å². The molecule has 0 saturated heterocycles. The fourth-order valence-electron chi connectivity index (χ4n) is 1.73. The first kappa shape index (κ1) is 19.7. The van der Waals surface area contributed by atoms with E-state index in [4.69, 9.17) is 4.74 Å². The summed E-state index contributed by atoms with van der Waals surface area (Å²) in [6, 6.07) is 0.322. The van der Waals surface area contributed by atoms with Gasteiger partial charge in [-0.3, -0.25) is 4.99 Å². The number of aliphatic hydroxyl groups is 1. The lowest BCUT2D eigenvalue weighted by Gasteiger charge is -2.06. The van der Waals surface area contributed by atoms with Crippen LogP contribution in [-0.2, 0) is 4.74 Å². The van der Waals surface area contributed by atoms with Crippen LogP contribution >= 0.6 is 11.3 Å². The number of ether oxygens (including phenoxy) is 1. The third-order valence-electron chi connectivity index (χ3n) is 2.96. The minimum absolute atomic E-state index is 0. The fourth-order valence-corrected chi connectivity index (χ4v) is 2.53. The number of nitrogens with one attached hydrogen (secondary N) is 1. The molecule has 0 atom stereocenters. The van der Waals surface area contributed by atoms with Gasteiger partial charge < -0.3 is 15.2 Å². The lowest BCUT2D eigenvalue weighted by atomic mass is 10.1. The zero-order valence-electron chi connectivity index (χ0n) is 14.8. The van der Waals surface area contributed by atoms with Crippen LogP contribution in [0.15, 0.2) is 58.0 Å². The molecule has 132 valence electrons. The summed E-state index contributed by atoms with van der Waals surface area (Å²) in [4.78, 5) is 8.91. The van der Waals surface area contributed by atoms with E-state index in [9.17, 15) is 5.11 Å². The molecule has 0 aliphatic heterocycles. The van der Waals surface area contributed by atoms with Crippen molar-refractivity contribution in [2.24, 2.45) is 4.99 Å². The molecule has 0 saturated carbocycles. The predicted molar refractivity (Wildman–Crippen MR) is 105 cm³/mol. The van der Waals surface area contributed by atoms with Crippen LogP contribution in [0.2, 0.25) is 0 Å². The average Bonchev–Trinajstić information content (AvgIpc) is 2.99. The molecule has 0 aliphatic rings. The maximum Gasteiger partial charge on any atom is 0.183 e. The van der Waals surface area contributed by atoms with Gasteiger partial charge in [-0.15, -0.1) is 11.3 Å². The number of hydrogen-bond donors (Lipinski definition) is 2. The number of anilines is 1. The van der Waals surface area contributed by atoms with Crippen LogP contribution in [0, 0.1) is 0 Å². The van der Waals surface area contributed by atoms with Gasteiger partial charge in [-0.25, -0.2) is 4.98 Å². The number of hydrogen-bond acceptors (Lipinski definition) is 6. The Morgan fingerprint density at radius 3 is 2.79 bits per heavy atom. The molecule has 0 unspecified atom stereocenters. The first-order valence-electron chi connectivity index (χ1n) is 7.62. The van der Waals surface area contributed by atoms with E-state index in [1.165, 1.54) is 11.3 Å². The van der Waals surface area contributed by atoms with Gasteiger partial charge in [0.1, 0.15) is 5.76 Å². The highest BCUT2D eigenvalue weighted by molar-refractivity contribution is 7.13. The van der Waals surface area contributed by atoms with E-state index >= 15 is 0 Å². The molecule has 5 nitrogen and oxygen atoms in total. The molecule has 1 heterocycles. The Kier molecular flexibility index (Phi) is 7.98. The first-order valence-corrected chi connectivity index (χ1v) is 8.50. The Morgan fingerprint density at radius 1 is 1.54 bits per heavy atom. The molecule has 0 aliphatic carbocycles. The molecule has 6 heteroatoms. The van der Waals surface area contributed by atoms with Crippen molar-refractivity contribution >= 4 is 22.7 Å². The van der Waals surface area contributed by atoms with Crippen molar-refractivity contribution in [3.8, 4) is 0 Å². The average molecular weight is 350 g/mol. The van der Waals surface area contributed by atoms with Gasteiger partial charge in [0.25, 0.3) is 0 Å². The Labute approximate surface area is 149 Å². The number of allylic oxidation sites excluding steroid dienone is 4. The zero-order chi connectivity index (χ0) is 18.1. The van der Waals surface area contributed by atoms with Crippen LogP contribution in [0.25, 0.3) is 0 Å². The standard InChI is InChI=1S/C18H25N3O2S.H2/c1-7-15(17(22)8-2)16(9-13(5)23-6)19-10-14-11-24-18(21-14)20-12(3)4;/h7-12,22H,1H2,2-6H3,(H,20,21);1H/b13-9+,16-15-,17-8+,19-10?;. The molecule has 0 spiro atoms. The number of aliphatic imine (C=N–C) groups is 1. The SMILES string of the molecule is C=CC(=C(\C=C(/C)OC)N=Cc1csc(NC(C)C)n1)/C(O)=C\C.[HH]. The van der Waals surface area contributed by atoms with Crippen LogP contribution in [0.5, 0.6) is 0 Å². The van der Waals surface area contributed by atoms with Gasteiger partial charge in [0, 0.05) is 24.5 Å². The topological polar surface area (TPSA) is 66.7 Å². The van der Waals surface area contributed by atoms with E-state index < -0.39 is 0 Å². The summed E-state index contributed by atoms with van der Waals surface area (Å²) in [6.07, 6.45) is 6.56. The van der Waals surface area contributed by atoms with Crippen LogP contribution in [0.4, 0.5) is 5.13 Å². The largest absolute Gasteiger partial charge is 0.508 e. The maximum absolute atomic E-state index is 10.0. The quantitative estimate of drug-likeness (QED) is 0.390. The maximum atomic E-state index is 10.0. The van der Waals surface area contributed by atoms with Crippen molar-refractivity contribution in [3.63, 3.8) is 0 Å². The molecule has 1 aromatic heterocycles. The van der Waals surface area contributed by atoms with Gasteiger partial charge in [-0.05, 0) is 33.8 Å². The van der Waals surface area contributed by atoms with Crippen molar-refractivity contribution in [1.29, 1.82) is 0 Å². The second kappa shape index (κ2) is 9.72. The third kappa shape index (κ3) is 6.04. The number of aliphatic hydroxyl groups excluding tert-OH is 1. The van der Waals surface area contributed by atoms with E-state index in [-0.39, 0.29) is 7.19 Å². The molecule has 1 rings (SSSR count). The highest BCUT2D eigenvalue weighted by Gasteiger charge is 2.07. The van der Waals surface area contributed by atoms with Crippen molar-refractivity contribution < 1.29 is 11.3 Å². The lowest BCUT2D eigenvalue weighted by molar-refractivity contribution is 0.293. The summed E-state index contributed by atoms with van der Waals surface area (Å²) in [5.41, 5.74) is 1.82. The second-order valence-corrected chi connectivity index (χ2v) is 6.13. The van der Waals surface area contributed by atoms with E-state index in [2.05, 4.69) is 35.7 Å². The van der Waals surface area contributed by atoms with E-state index in [1.807, 2.05) is 12.3 Å². The molecule has 0 radical (unpaired) electrons. The second-order valence-electron chi connectivity index (χ2n) is 5.27. The summed E-state index contributed by atoms with van der Waals surface area (Å²) in [5.74, 6) is 0.781. The van der Waals surface area contributed by atoms with E-state index in [0.717, 1.165) is 10.8 Å². The molecule has 1 aromatic rings. The van der Waals surface area contributed by atoms with Crippen LogP contribution in [0.1, 0.15) is 34.8 Å². The Morgan fingerprint density at radius 2 is 2.25 bits per heavy atom. The van der Waals surface area contributed by atoms with Gasteiger partial charge in [-0.2, -0.15) is 0 Å². The Hall–Kier alpha value is -2.34. The highest BCUT2D eigenvalue weighted by atomic mass is 32.1. The zero-order valence-corrected chi connectivity index (χ0v) is 15.6. The smallest absolute Gasteiger partial charge is 0.183 e. The minimum Gasteiger partial charge on any atom is -0.508 e. The van der Waals surface area contributed by atoms with Crippen molar-refractivity contribution in [2.75, 3.05) is 12.4 Å². The molecular formula is C18H27N3O2S. The molecule has 2 N–H and O–H groups in total. The highest BCUT2D eigenvalue weighted by Crippen LogP contribution is 2.19. The molecule has 0 amide bonds. The molecule has 0 bridgehead atoms. The number of rotatable bonds is 8. The summed E-state index contributed by atoms with van der Waals surface area (Å²) in [5, 5.41) is 16.1. The van der Waals surface area contributed by atoms with E-state index in [1.54, 1.807) is 38.5 Å². The van der Waals surface area contributed by atoms with Crippen molar-refractivity contribution in [1.82, 2.24) is 4.98 Å². The summed E-state index contributed by atoms with van der Waals surface area (Å²) in [6.45, 7) is 11.4.